The summed E-state index contributed by atoms with van der Waals surface area (Å²) in [6.07, 6.45) is 1.53. The van der Waals surface area contributed by atoms with Gasteiger partial charge in [0.2, 0.25) is 0 Å². The van der Waals surface area contributed by atoms with E-state index in [0.717, 1.165) is 31.8 Å². The Kier molecular flexibility index (Phi) is 8.17. The van der Waals surface area contributed by atoms with Gasteiger partial charge in [-0.1, -0.05) is 11.6 Å². The smallest absolute Gasteiger partial charge is 0.262 e. The van der Waals surface area contributed by atoms with Gasteiger partial charge in [0.15, 0.2) is 18.2 Å². The number of amides is 1. The number of nitrogens with one attached hydrogen (secondary N) is 1. The fourth-order valence-electron chi connectivity index (χ4n) is 3.67. The van der Waals surface area contributed by atoms with Crippen molar-refractivity contribution in [3.8, 4) is 22.8 Å². The van der Waals surface area contributed by atoms with Crippen molar-refractivity contribution < 1.29 is 27.8 Å². The zero-order valence-corrected chi connectivity index (χ0v) is 19.9. The molecule has 8 nitrogen and oxygen atoms in total. The SMILES string of the molecule is Cn1ncc(Cl)c1-c1cc(NC(=O)COc2ccc(F)cc2F)ccc1OCCN1CCOCC1. The summed E-state index contributed by atoms with van der Waals surface area (Å²) in [5.74, 6) is -1.76. The first-order valence-corrected chi connectivity index (χ1v) is 11.4. The molecule has 186 valence electrons. The van der Waals surface area contributed by atoms with E-state index in [2.05, 4.69) is 15.3 Å². The van der Waals surface area contributed by atoms with Crippen molar-refractivity contribution in [1.82, 2.24) is 14.7 Å². The van der Waals surface area contributed by atoms with Crippen LogP contribution in [-0.4, -0.2) is 66.6 Å². The van der Waals surface area contributed by atoms with Crippen molar-refractivity contribution in [1.29, 1.82) is 0 Å². The number of rotatable bonds is 9. The van der Waals surface area contributed by atoms with Gasteiger partial charge in [0.25, 0.3) is 5.91 Å². The number of hydrogen-bond donors (Lipinski definition) is 1. The number of aromatic nitrogens is 2. The minimum absolute atomic E-state index is 0.215. The zero-order chi connectivity index (χ0) is 24.8. The van der Waals surface area contributed by atoms with Crippen molar-refractivity contribution in [3.63, 3.8) is 0 Å². The number of benzene rings is 2. The summed E-state index contributed by atoms with van der Waals surface area (Å²) in [6.45, 7) is 3.89. The lowest BCUT2D eigenvalue weighted by molar-refractivity contribution is -0.118. The average Bonchev–Trinajstić information content (AvgIpc) is 3.17. The third-order valence-corrected chi connectivity index (χ3v) is 5.71. The largest absolute Gasteiger partial charge is 0.492 e. The molecule has 4 rings (SSSR count). The van der Waals surface area contributed by atoms with E-state index in [4.69, 9.17) is 25.8 Å². The highest BCUT2D eigenvalue weighted by atomic mass is 35.5. The minimum atomic E-state index is -0.885. The van der Waals surface area contributed by atoms with E-state index in [9.17, 15) is 13.6 Å². The lowest BCUT2D eigenvalue weighted by Crippen LogP contribution is -2.38. The Morgan fingerprint density at radius 1 is 1.14 bits per heavy atom. The third kappa shape index (κ3) is 6.47. The van der Waals surface area contributed by atoms with Crippen LogP contribution in [0.25, 0.3) is 11.3 Å². The first kappa shape index (κ1) is 24.9. The Morgan fingerprint density at radius 2 is 1.91 bits per heavy atom. The zero-order valence-electron chi connectivity index (χ0n) is 19.1. The van der Waals surface area contributed by atoms with Crippen LogP contribution in [0.15, 0.2) is 42.6 Å². The molecule has 1 fully saturated rings. The van der Waals surface area contributed by atoms with Gasteiger partial charge in [-0.2, -0.15) is 5.10 Å². The number of carbonyl (C=O) groups excluding carboxylic acids is 1. The molecule has 3 aromatic rings. The normalized spacial score (nSPS) is 14.1. The predicted molar refractivity (Wildman–Crippen MR) is 127 cm³/mol. The molecule has 1 aliphatic rings. The summed E-state index contributed by atoms with van der Waals surface area (Å²) >= 11 is 6.38. The monoisotopic (exact) mass is 506 g/mol. The highest BCUT2D eigenvalue weighted by Crippen LogP contribution is 2.36. The maximum Gasteiger partial charge on any atom is 0.262 e. The molecule has 1 aliphatic heterocycles. The summed E-state index contributed by atoms with van der Waals surface area (Å²) in [4.78, 5) is 14.7. The van der Waals surface area contributed by atoms with Crippen molar-refractivity contribution >= 4 is 23.2 Å². The third-order valence-electron chi connectivity index (χ3n) is 5.43. The highest BCUT2D eigenvalue weighted by Gasteiger charge is 2.18. The number of hydrogen-bond acceptors (Lipinski definition) is 6. The van der Waals surface area contributed by atoms with Crippen LogP contribution in [-0.2, 0) is 16.6 Å². The number of ether oxygens (including phenoxy) is 3. The number of carbonyl (C=O) groups is 1. The molecule has 0 atom stereocenters. The fourth-order valence-corrected chi connectivity index (χ4v) is 3.94. The Hall–Kier alpha value is -3.21. The van der Waals surface area contributed by atoms with E-state index in [-0.39, 0.29) is 5.75 Å². The quantitative estimate of drug-likeness (QED) is 0.476. The van der Waals surface area contributed by atoms with Crippen LogP contribution in [0.5, 0.6) is 11.5 Å². The summed E-state index contributed by atoms with van der Waals surface area (Å²) in [5.41, 5.74) is 1.75. The molecule has 11 heteroatoms. The van der Waals surface area contributed by atoms with Crippen LogP contribution in [0.3, 0.4) is 0 Å². The van der Waals surface area contributed by atoms with E-state index in [1.807, 2.05) is 0 Å². The van der Waals surface area contributed by atoms with Crippen molar-refractivity contribution in [2.45, 2.75) is 0 Å². The van der Waals surface area contributed by atoms with Gasteiger partial charge < -0.3 is 19.5 Å². The van der Waals surface area contributed by atoms with Gasteiger partial charge in [0, 0.05) is 44.0 Å². The Labute approximate surface area is 206 Å². The topological polar surface area (TPSA) is 77.9 Å². The number of aryl methyl sites for hydroxylation is 1. The van der Waals surface area contributed by atoms with Crippen molar-refractivity contribution in [2.24, 2.45) is 7.05 Å². The fraction of sp³-hybridized carbons (Fsp3) is 0.333. The van der Waals surface area contributed by atoms with Crippen molar-refractivity contribution in [3.05, 3.63) is 59.3 Å². The molecule has 0 spiro atoms. The minimum Gasteiger partial charge on any atom is -0.492 e. The molecule has 1 amide bonds. The standard InChI is InChI=1S/C24H25ClF2N4O4/c1-30-24(19(25)14-28-30)18-13-17(3-5-21(18)34-11-8-31-6-9-33-10-7-31)29-23(32)15-35-22-4-2-16(26)12-20(22)27/h2-5,12-14H,6-11,15H2,1H3,(H,29,32). The van der Waals surface area contributed by atoms with E-state index >= 15 is 0 Å². The summed E-state index contributed by atoms with van der Waals surface area (Å²) in [6, 6.07) is 8.03. The first-order valence-electron chi connectivity index (χ1n) is 11.0. The second-order valence-corrected chi connectivity index (χ2v) is 8.30. The second kappa shape index (κ2) is 11.5. The molecule has 0 saturated carbocycles. The Balaban J connectivity index is 1.45. The van der Waals surface area contributed by atoms with Crippen LogP contribution >= 0.6 is 11.6 Å². The molecule has 0 aliphatic carbocycles. The van der Waals surface area contributed by atoms with Crippen LogP contribution < -0.4 is 14.8 Å². The lowest BCUT2D eigenvalue weighted by Gasteiger charge is -2.26. The summed E-state index contributed by atoms with van der Waals surface area (Å²) in [7, 11) is 1.76. The molecule has 1 saturated heterocycles. The number of morpholine rings is 1. The average molecular weight is 507 g/mol. The summed E-state index contributed by atoms with van der Waals surface area (Å²) < 4.78 is 45.0. The molecular weight excluding hydrogens is 482 g/mol. The van der Waals surface area contributed by atoms with E-state index in [1.54, 1.807) is 29.9 Å². The van der Waals surface area contributed by atoms with Gasteiger partial charge in [-0.05, 0) is 30.3 Å². The maximum atomic E-state index is 13.7. The molecule has 1 aromatic heterocycles. The van der Waals surface area contributed by atoms with E-state index in [1.165, 1.54) is 6.20 Å². The van der Waals surface area contributed by atoms with Crippen molar-refractivity contribution in [2.75, 3.05) is 51.4 Å². The Bertz CT molecular complexity index is 1160. The van der Waals surface area contributed by atoms with Crippen LogP contribution in [0.4, 0.5) is 14.5 Å². The van der Waals surface area contributed by atoms with Crippen LogP contribution in [0.1, 0.15) is 0 Å². The predicted octanol–water partition coefficient (Wildman–Crippen LogP) is 3.75. The van der Waals surface area contributed by atoms with Gasteiger partial charge in [0.1, 0.15) is 18.2 Å². The molecule has 0 unspecified atom stereocenters. The van der Waals surface area contributed by atoms with Crippen LogP contribution in [0, 0.1) is 11.6 Å². The lowest BCUT2D eigenvalue weighted by atomic mass is 10.1. The Morgan fingerprint density at radius 3 is 2.63 bits per heavy atom. The molecular formula is C24H25ClF2N4O4. The molecule has 35 heavy (non-hydrogen) atoms. The van der Waals surface area contributed by atoms with Gasteiger partial charge in [0.05, 0.1) is 30.1 Å². The summed E-state index contributed by atoms with van der Waals surface area (Å²) in [5, 5.41) is 7.34. The molecule has 2 aromatic carbocycles. The molecule has 1 N–H and O–H groups in total. The van der Waals surface area contributed by atoms with E-state index in [0.29, 0.717) is 53.6 Å². The van der Waals surface area contributed by atoms with Gasteiger partial charge in [-0.15, -0.1) is 0 Å². The highest BCUT2D eigenvalue weighted by molar-refractivity contribution is 6.33. The molecule has 0 radical (unpaired) electrons. The van der Waals surface area contributed by atoms with Gasteiger partial charge >= 0.3 is 0 Å². The van der Waals surface area contributed by atoms with E-state index < -0.39 is 24.1 Å². The number of anilines is 1. The first-order chi connectivity index (χ1) is 16.9. The maximum absolute atomic E-state index is 13.7. The molecule has 0 bridgehead atoms. The molecule has 2 heterocycles. The second-order valence-electron chi connectivity index (χ2n) is 7.89. The number of halogens is 3. The van der Waals surface area contributed by atoms with Gasteiger partial charge in [-0.25, -0.2) is 8.78 Å². The number of nitrogens with zero attached hydrogens (tertiary/aromatic N) is 3. The van der Waals surface area contributed by atoms with Crippen LogP contribution in [0.2, 0.25) is 5.02 Å². The van der Waals surface area contributed by atoms with Gasteiger partial charge in [-0.3, -0.25) is 14.4 Å².